The average molecular weight is 511 g/mol. The highest BCUT2D eigenvalue weighted by atomic mass is 16.4. The summed E-state index contributed by atoms with van der Waals surface area (Å²) < 4.78 is 0. The van der Waals surface area contributed by atoms with Gasteiger partial charge in [-0.05, 0) is 91.0 Å². The molecule has 198 valence electrons. The summed E-state index contributed by atoms with van der Waals surface area (Å²) in [4.78, 5) is 28.8. The van der Waals surface area contributed by atoms with Crippen LogP contribution in [0.1, 0.15) is 50.2 Å². The van der Waals surface area contributed by atoms with Crippen LogP contribution >= 0.6 is 0 Å². The monoisotopic (exact) mass is 510 g/mol. The highest BCUT2D eigenvalue weighted by Gasteiger charge is 2.56. The van der Waals surface area contributed by atoms with E-state index in [1.165, 1.54) is 6.42 Å². The SMILES string of the molecule is CC(Cc1ccc2ccccc2c1)(C(=O)NCCc1ccccc1)N(C(=O)O)C1C2CC3CC(C2)CC1C3. The van der Waals surface area contributed by atoms with Crippen molar-refractivity contribution >= 4 is 22.8 Å². The number of benzene rings is 3. The number of fused-ring (bicyclic) bond motifs is 1. The Morgan fingerprint density at radius 2 is 1.47 bits per heavy atom. The summed E-state index contributed by atoms with van der Waals surface area (Å²) in [6, 6.07) is 24.4. The minimum atomic E-state index is -1.20. The van der Waals surface area contributed by atoms with Gasteiger partial charge in [0.05, 0.1) is 0 Å². The molecule has 0 radical (unpaired) electrons. The Kier molecular flexibility index (Phi) is 6.63. The zero-order valence-electron chi connectivity index (χ0n) is 22.2. The van der Waals surface area contributed by atoms with E-state index in [4.69, 9.17) is 0 Å². The van der Waals surface area contributed by atoms with Crippen LogP contribution in [0, 0.1) is 23.7 Å². The van der Waals surface area contributed by atoms with Crippen LogP contribution in [-0.2, 0) is 17.6 Å². The van der Waals surface area contributed by atoms with Crippen LogP contribution in [0.3, 0.4) is 0 Å². The number of hydrogen-bond donors (Lipinski definition) is 2. The fraction of sp³-hybridized carbons (Fsp3) is 0.455. The van der Waals surface area contributed by atoms with E-state index in [1.807, 2.05) is 37.3 Å². The quantitative estimate of drug-likeness (QED) is 0.373. The molecule has 3 aromatic carbocycles. The zero-order chi connectivity index (χ0) is 26.3. The number of hydrogen-bond acceptors (Lipinski definition) is 2. The van der Waals surface area contributed by atoms with Gasteiger partial charge in [-0.3, -0.25) is 9.69 Å². The lowest BCUT2D eigenvalue weighted by atomic mass is 9.53. The summed E-state index contributed by atoms with van der Waals surface area (Å²) >= 11 is 0. The van der Waals surface area contributed by atoms with Gasteiger partial charge in [0.15, 0.2) is 0 Å². The standard InChI is InChI=1S/C33H38N2O3/c1-33(31(36)34-14-13-22-7-3-2-4-8-22,21-23-11-12-26-9-5-6-10-27(26)16-23)35(32(37)38)30-28-17-24-15-25(19-28)20-29(30)18-24/h2-12,16,24-25,28-30H,13-15,17-21H2,1H3,(H,34,36)(H,37,38). The minimum Gasteiger partial charge on any atom is -0.465 e. The first kappa shape index (κ1) is 25.0. The van der Waals surface area contributed by atoms with Crippen molar-refractivity contribution in [1.82, 2.24) is 10.2 Å². The lowest BCUT2D eigenvalue weighted by Crippen LogP contribution is -2.68. The molecule has 5 nitrogen and oxygen atoms in total. The average Bonchev–Trinajstić information content (AvgIpc) is 2.90. The molecule has 4 saturated carbocycles. The number of carboxylic acid groups (broad SMARTS) is 1. The second-order valence-electron chi connectivity index (χ2n) is 12.2. The maximum atomic E-state index is 14.1. The van der Waals surface area contributed by atoms with Gasteiger partial charge in [-0.1, -0.05) is 72.8 Å². The number of carbonyl (C=O) groups is 2. The van der Waals surface area contributed by atoms with Crippen molar-refractivity contribution < 1.29 is 14.7 Å². The molecule has 4 aliphatic carbocycles. The molecule has 0 saturated heterocycles. The van der Waals surface area contributed by atoms with E-state index < -0.39 is 11.6 Å². The minimum absolute atomic E-state index is 0.0920. The number of nitrogens with one attached hydrogen (secondary N) is 1. The van der Waals surface area contributed by atoms with Crippen molar-refractivity contribution in [1.29, 1.82) is 0 Å². The summed E-state index contributed by atoms with van der Waals surface area (Å²) in [5.41, 5.74) is 0.935. The van der Waals surface area contributed by atoms with Crippen molar-refractivity contribution in [3.8, 4) is 0 Å². The van der Waals surface area contributed by atoms with Crippen molar-refractivity contribution in [2.24, 2.45) is 23.7 Å². The van der Waals surface area contributed by atoms with Crippen LogP contribution in [0.4, 0.5) is 4.79 Å². The predicted molar refractivity (Wildman–Crippen MR) is 150 cm³/mol. The molecule has 38 heavy (non-hydrogen) atoms. The van der Waals surface area contributed by atoms with E-state index in [9.17, 15) is 14.7 Å². The van der Waals surface area contributed by atoms with Gasteiger partial charge < -0.3 is 10.4 Å². The van der Waals surface area contributed by atoms with E-state index in [1.54, 1.807) is 4.90 Å². The molecular weight excluding hydrogens is 472 g/mol. The Morgan fingerprint density at radius 1 is 0.842 bits per heavy atom. The molecule has 1 atom stereocenters. The molecule has 0 aliphatic heterocycles. The third-order valence-electron chi connectivity index (χ3n) is 9.61. The molecule has 5 heteroatoms. The molecule has 0 heterocycles. The maximum absolute atomic E-state index is 14.1. The molecule has 2 amide bonds. The Labute approximate surface area is 225 Å². The first-order valence-corrected chi connectivity index (χ1v) is 14.2. The van der Waals surface area contributed by atoms with E-state index in [0.29, 0.717) is 31.2 Å². The van der Waals surface area contributed by atoms with E-state index in [2.05, 4.69) is 47.8 Å². The highest BCUT2D eigenvalue weighted by Crippen LogP contribution is 2.56. The van der Waals surface area contributed by atoms with Crippen molar-refractivity contribution in [2.45, 2.75) is 63.5 Å². The van der Waals surface area contributed by atoms with Gasteiger partial charge in [0.25, 0.3) is 0 Å². The highest BCUT2D eigenvalue weighted by molar-refractivity contribution is 5.90. The first-order chi connectivity index (χ1) is 18.4. The Hall–Kier alpha value is -3.34. The van der Waals surface area contributed by atoms with Gasteiger partial charge in [0, 0.05) is 19.0 Å². The van der Waals surface area contributed by atoms with Gasteiger partial charge in [-0.25, -0.2) is 4.79 Å². The van der Waals surface area contributed by atoms with Crippen molar-refractivity contribution in [3.63, 3.8) is 0 Å². The summed E-state index contributed by atoms with van der Waals surface area (Å²) in [5.74, 6) is 1.98. The summed E-state index contributed by atoms with van der Waals surface area (Å²) in [7, 11) is 0. The van der Waals surface area contributed by atoms with E-state index in [-0.39, 0.29) is 11.9 Å². The van der Waals surface area contributed by atoms with Gasteiger partial charge in [0.2, 0.25) is 5.91 Å². The fourth-order valence-corrected chi connectivity index (χ4v) is 8.16. The second kappa shape index (κ2) is 10.1. The van der Waals surface area contributed by atoms with Crippen LogP contribution in [0.25, 0.3) is 10.8 Å². The van der Waals surface area contributed by atoms with Gasteiger partial charge >= 0.3 is 6.09 Å². The number of carbonyl (C=O) groups excluding carboxylic acids is 1. The van der Waals surface area contributed by atoms with E-state index >= 15 is 0 Å². The molecule has 1 unspecified atom stereocenters. The van der Waals surface area contributed by atoms with Crippen LogP contribution in [-0.4, -0.2) is 40.1 Å². The van der Waals surface area contributed by atoms with Gasteiger partial charge in [-0.15, -0.1) is 0 Å². The topological polar surface area (TPSA) is 69.6 Å². The van der Waals surface area contributed by atoms with Crippen LogP contribution in [0.5, 0.6) is 0 Å². The molecule has 0 aromatic heterocycles. The van der Waals surface area contributed by atoms with Crippen molar-refractivity contribution in [3.05, 3.63) is 83.9 Å². The number of rotatable bonds is 8. The normalized spacial score (nSPS) is 27.1. The third kappa shape index (κ3) is 4.68. The lowest BCUT2D eigenvalue weighted by molar-refractivity contribution is -0.140. The number of nitrogens with zero attached hydrogens (tertiary/aromatic N) is 1. The Morgan fingerprint density at radius 3 is 2.13 bits per heavy atom. The number of amides is 2. The lowest BCUT2D eigenvalue weighted by Gasteiger charge is -2.59. The van der Waals surface area contributed by atoms with Crippen molar-refractivity contribution in [2.75, 3.05) is 6.54 Å². The second-order valence-corrected chi connectivity index (χ2v) is 12.2. The molecule has 4 fully saturated rings. The fourth-order valence-electron chi connectivity index (χ4n) is 8.16. The maximum Gasteiger partial charge on any atom is 0.408 e. The molecule has 3 aromatic rings. The molecule has 4 aliphatic rings. The van der Waals surface area contributed by atoms with Gasteiger partial charge in [0.1, 0.15) is 5.54 Å². The largest absolute Gasteiger partial charge is 0.465 e. The predicted octanol–water partition coefficient (Wildman–Crippen LogP) is 6.30. The zero-order valence-corrected chi connectivity index (χ0v) is 22.2. The smallest absolute Gasteiger partial charge is 0.408 e. The molecule has 4 bridgehead atoms. The van der Waals surface area contributed by atoms with Gasteiger partial charge in [-0.2, -0.15) is 0 Å². The Balaban J connectivity index is 1.32. The Bertz CT molecular complexity index is 1290. The molecule has 7 rings (SSSR count). The molecule has 2 N–H and O–H groups in total. The summed E-state index contributed by atoms with van der Waals surface area (Å²) in [6.07, 6.45) is 5.80. The third-order valence-corrected chi connectivity index (χ3v) is 9.61. The van der Waals surface area contributed by atoms with Crippen LogP contribution < -0.4 is 5.32 Å². The van der Waals surface area contributed by atoms with E-state index in [0.717, 1.165) is 59.4 Å². The summed E-state index contributed by atoms with van der Waals surface area (Å²) in [5, 5.41) is 16.1. The summed E-state index contributed by atoms with van der Waals surface area (Å²) in [6.45, 7) is 2.34. The molecular formula is C33H38N2O3. The van der Waals surface area contributed by atoms with Crippen LogP contribution in [0.15, 0.2) is 72.8 Å². The molecule has 0 spiro atoms. The first-order valence-electron chi connectivity index (χ1n) is 14.2. The van der Waals surface area contributed by atoms with Crippen LogP contribution in [0.2, 0.25) is 0 Å².